The number of rotatable bonds is 2. The maximum atomic E-state index is 3.50. The van der Waals surface area contributed by atoms with Crippen LogP contribution in [0, 0.1) is 0 Å². The van der Waals surface area contributed by atoms with E-state index in [1.54, 1.807) is 11.3 Å². The molecule has 0 saturated heterocycles. The number of nitrogens with zero attached hydrogens (tertiary/aromatic N) is 1. The lowest BCUT2D eigenvalue weighted by Gasteiger charge is -2.03. The smallest absolute Gasteiger partial charge is 0.0702 e. The zero-order valence-electron chi connectivity index (χ0n) is 8.86. The van der Waals surface area contributed by atoms with Crippen molar-refractivity contribution in [3.63, 3.8) is 0 Å². The highest BCUT2D eigenvalue weighted by Crippen LogP contribution is 2.25. The zero-order chi connectivity index (χ0) is 11.8. The van der Waals surface area contributed by atoms with Crippen LogP contribution in [0.15, 0.2) is 50.9 Å². The lowest BCUT2D eigenvalue weighted by molar-refractivity contribution is 0.851. The van der Waals surface area contributed by atoms with Gasteiger partial charge in [-0.2, -0.15) is 0 Å². The number of hydrogen-bond acceptors (Lipinski definition) is 1. The molecular formula is C13H9Br2NS. The Balaban J connectivity index is 2.00. The van der Waals surface area contributed by atoms with Gasteiger partial charge in [-0.3, -0.25) is 0 Å². The molecule has 0 N–H and O–H groups in total. The Morgan fingerprint density at radius 3 is 2.71 bits per heavy atom. The molecule has 2 heterocycles. The van der Waals surface area contributed by atoms with Crippen molar-refractivity contribution in [3.05, 3.63) is 55.7 Å². The molecule has 0 unspecified atom stereocenters. The predicted octanol–water partition coefficient (Wildman–Crippen LogP) is 5.28. The number of hydrogen-bond donors (Lipinski definition) is 0. The normalized spacial score (nSPS) is 11.2. The van der Waals surface area contributed by atoms with Gasteiger partial charge in [-0.15, -0.1) is 11.3 Å². The van der Waals surface area contributed by atoms with E-state index >= 15 is 0 Å². The first-order valence-electron chi connectivity index (χ1n) is 5.21. The molecule has 0 aliphatic heterocycles. The van der Waals surface area contributed by atoms with Crippen LogP contribution >= 0.6 is 43.2 Å². The van der Waals surface area contributed by atoms with Gasteiger partial charge in [0.15, 0.2) is 0 Å². The molecule has 4 heteroatoms. The zero-order valence-corrected chi connectivity index (χ0v) is 12.8. The summed E-state index contributed by atoms with van der Waals surface area (Å²) >= 11 is 8.78. The van der Waals surface area contributed by atoms with Gasteiger partial charge in [-0.25, -0.2) is 0 Å². The first-order chi connectivity index (χ1) is 8.22. The van der Waals surface area contributed by atoms with Gasteiger partial charge in [0, 0.05) is 26.4 Å². The highest BCUT2D eigenvalue weighted by atomic mass is 79.9. The van der Waals surface area contributed by atoms with E-state index in [0.717, 1.165) is 11.0 Å². The third kappa shape index (κ3) is 2.34. The number of halogens is 2. The second-order valence-corrected chi connectivity index (χ2v) is 7.32. The Labute approximate surface area is 120 Å². The first kappa shape index (κ1) is 11.5. The van der Waals surface area contributed by atoms with Crippen LogP contribution in [-0.2, 0) is 6.54 Å². The fourth-order valence-electron chi connectivity index (χ4n) is 1.91. The number of benzene rings is 1. The second-order valence-electron chi connectivity index (χ2n) is 3.85. The van der Waals surface area contributed by atoms with Gasteiger partial charge < -0.3 is 4.57 Å². The number of aromatic nitrogens is 1. The van der Waals surface area contributed by atoms with Crippen molar-refractivity contribution < 1.29 is 0 Å². The molecule has 3 rings (SSSR count). The third-order valence-corrected chi connectivity index (χ3v) is 4.79. The summed E-state index contributed by atoms with van der Waals surface area (Å²) in [5, 5.41) is 1.27. The van der Waals surface area contributed by atoms with Crippen LogP contribution in [-0.4, -0.2) is 4.57 Å². The fraction of sp³-hybridized carbons (Fsp3) is 0.0769. The lowest BCUT2D eigenvalue weighted by atomic mass is 10.2. The molecule has 0 fully saturated rings. The number of fused-ring (bicyclic) bond motifs is 1. The van der Waals surface area contributed by atoms with E-state index in [1.807, 2.05) is 0 Å². The molecule has 3 aromatic rings. The molecule has 0 radical (unpaired) electrons. The Morgan fingerprint density at radius 2 is 1.94 bits per heavy atom. The first-order valence-corrected chi connectivity index (χ1v) is 7.61. The van der Waals surface area contributed by atoms with E-state index < -0.39 is 0 Å². The summed E-state index contributed by atoms with van der Waals surface area (Å²) in [6, 6.07) is 12.8. The molecule has 86 valence electrons. The molecule has 1 aromatic carbocycles. The molecule has 17 heavy (non-hydrogen) atoms. The second kappa shape index (κ2) is 4.59. The Bertz CT molecular complexity index is 669. The highest BCUT2D eigenvalue weighted by Gasteiger charge is 2.03. The minimum atomic E-state index is 0.932. The molecule has 0 aliphatic carbocycles. The molecular weight excluding hydrogens is 362 g/mol. The summed E-state index contributed by atoms with van der Waals surface area (Å²) in [6.45, 7) is 0.932. The quantitative estimate of drug-likeness (QED) is 0.578. The van der Waals surface area contributed by atoms with Gasteiger partial charge in [-0.05, 0) is 52.3 Å². The number of thiophene rings is 1. The van der Waals surface area contributed by atoms with Crippen LogP contribution < -0.4 is 0 Å². The van der Waals surface area contributed by atoms with E-state index in [4.69, 9.17) is 0 Å². The summed E-state index contributed by atoms with van der Waals surface area (Å²) in [5.74, 6) is 0. The van der Waals surface area contributed by atoms with Crippen molar-refractivity contribution in [2.45, 2.75) is 6.54 Å². The largest absolute Gasteiger partial charge is 0.342 e. The Hall–Kier alpha value is -0.580. The molecule has 0 spiro atoms. The standard InChI is InChI=1S/C13H9Br2NS/c14-10-1-3-12-9(7-10)5-6-16(12)8-11-2-4-13(15)17-11/h1-7H,8H2. The lowest BCUT2D eigenvalue weighted by Crippen LogP contribution is -1.94. The van der Waals surface area contributed by atoms with Crippen LogP contribution in [0.25, 0.3) is 10.9 Å². The molecule has 0 bridgehead atoms. The van der Waals surface area contributed by atoms with Gasteiger partial charge in [0.05, 0.1) is 10.3 Å². The minimum absolute atomic E-state index is 0.932. The van der Waals surface area contributed by atoms with E-state index in [2.05, 4.69) is 79.0 Å². The summed E-state index contributed by atoms with van der Waals surface area (Å²) < 4.78 is 4.59. The van der Waals surface area contributed by atoms with Crippen LogP contribution in [0.4, 0.5) is 0 Å². The molecule has 1 nitrogen and oxygen atoms in total. The van der Waals surface area contributed by atoms with Crippen molar-refractivity contribution >= 4 is 54.1 Å². The molecule has 0 amide bonds. The predicted molar refractivity (Wildman–Crippen MR) is 80.8 cm³/mol. The summed E-state index contributed by atoms with van der Waals surface area (Å²) in [4.78, 5) is 1.36. The highest BCUT2D eigenvalue weighted by molar-refractivity contribution is 9.11. The fourth-order valence-corrected chi connectivity index (χ4v) is 3.77. The molecule has 0 aliphatic rings. The molecule has 0 atom stereocenters. The van der Waals surface area contributed by atoms with Gasteiger partial charge >= 0.3 is 0 Å². The SMILES string of the molecule is Brc1ccc2c(ccn2Cc2ccc(Br)s2)c1. The van der Waals surface area contributed by atoms with E-state index in [0.29, 0.717) is 0 Å². The minimum Gasteiger partial charge on any atom is -0.342 e. The van der Waals surface area contributed by atoms with Crippen LogP contribution in [0.3, 0.4) is 0 Å². The summed E-state index contributed by atoms with van der Waals surface area (Å²) in [5.41, 5.74) is 1.28. The van der Waals surface area contributed by atoms with Crippen molar-refractivity contribution in [1.82, 2.24) is 4.57 Å². The molecule has 2 aromatic heterocycles. The average molecular weight is 371 g/mol. The van der Waals surface area contributed by atoms with Gasteiger partial charge in [0.25, 0.3) is 0 Å². The maximum Gasteiger partial charge on any atom is 0.0702 e. The third-order valence-electron chi connectivity index (χ3n) is 2.69. The van der Waals surface area contributed by atoms with E-state index in [-0.39, 0.29) is 0 Å². The van der Waals surface area contributed by atoms with Gasteiger partial charge in [-0.1, -0.05) is 15.9 Å². The summed E-state index contributed by atoms with van der Waals surface area (Å²) in [7, 11) is 0. The van der Waals surface area contributed by atoms with Crippen molar-refractivity contribution in [2.24, 2.45) is 0 Å². The average Bonchev–Trinajstić information content (AvgIpc) is 2.86. The van der Waals surface area contributed by atoms with Crippen molar-refractivity contribution in [2.75, 3.05) is 0 Å². The Morgan fingerprint density at radius 1 is 1.06 bits per heavy atom. The van der Waals surface area contributed by atoms with Gasteiger partial charge in [0.2, 0.25) is 0 Å². The van der Waals surface area contributed by atoms with E-state index in [1.165, 1.54) is 19.6 Å². The topological polar surface area (TPSA) is 4.93 Å². The molecule has 0 saturated carbocycles. The van der Waals surface area contributed by atoms with Crippen LogP contribution in [0.2, 0.25) is 0 Å². The maximum absolute atomic E-state index is 3.50. The van der Waals surface area contributed by atoms with E-state index in [9.17, 15) is 0 Å². The summed E-state index contributed by atoms with van der Waals surface area (Å²) in [6.07, 6.45) is 2.14. The monoisotopic (exact) mass is 369 g/mol. The van der Waals surface area contributed by atoms with Crippen molar-refractivity contribution in [1.29, 1.82) is 0 Å². The van der Waals surface area contributed by atoms with Gasteiger partial charge in [0.1, 0.15) is 0 Å². The van der Waals surface area contributed by atoms with Crippen LogP contribution in [0.5, 0.6) is 0 Å². The Kier molecular flexibility index (Phi) is 3.11. The van der Waals surface area contributed by atoms with Crippen LogP contribution in [0.1, 0.15) is 4.88 Å². The van der Waals surface area contributed by atoms with Crippen molar-refractivity contribution in [3.8, 4) is 0 Å².